The Hall–Kier alpha value is -1.49. The molecule has 0 N–H and O–H groups in total. The summed E-state index contributed by atoms with van der Waals surface area (Å²) in [6.45, 7) is 19.0. The van der Waals surface area contributed by atoms with Gasteiger partial charge in [-0.3, -0.25) is 0 Å². The van der Waals surface area contributed by atoms with Crippen LogP contribution in [0.4, 0.5) is 5.69 Å². The number of nitriles is 1. The zero-order chi connectivity index (χ0) is 18.3. The summed E-state index contributed by atoms with van der Waals surface area (Å²) in [6.07, 6.45) is 3.43. The van der Waals surface area contributed by atoms with Crippen molar-refractivity contribution in [3.05, 3.63) is 29.3 Å². The van der Waals surface area contributed by atoms with Crippen LogP contribution in [0.3, 0.4) is 0 Å². The first-order valence-electron chi connectivity index (χ1n) is 9.31. The van der Waals surface area contributed by atoms with Crippen LogP contribution < -0.4 is 4.90 Å². The van der Waals surface area contributed by atoms with E-state index in [9.17, 15) is 5.26 Å². The van der Waals surface area contributed by atoms with E-state index in [4.69, 9.17) is 0 Å². The van der Waals surface area contributed by atoms with Gasteiger partial charge in [0, 0.05) is 13.1 Å². The average Bonchev–Trinajstić information content (AvgIpc) is 2.54. The standard InChI is InChI=1S/C16H24N2.C3H8.C2H6/c1-5-9-18(6-2)16-11-14(10-13(3)4)7-8-15(16)12-17;1-3-2;1-2/h7-8,11,13H,5-6,9-10H2,1-4H3;3H2,1-2H3;1-2H3. The van der Waals surface area contributed by atoms with E-state index in [1.807, 2.05) is 19.9 Å². The molecule has 0 fully saturated rings. The number of hydrogen-bond acceptors (Lipinski definition) is 2. The Kier molecular flexibility index (Phi) is 15.9. The highest BCUT2D eigenvalue weighted by atomic mass is 15.1. The number of anilines is 1. The molecule has 2 nitrogen and oxygen atoms in total. The molecule has 0 aromatic heterocycles. The van der Waals surface area contributed by atoms with Gasteiger partial charge in [0.2, 0.25) is 0 Å². The first-order chi connectivity index (χ1) is 11.0. The molecule has 0 spiro atoms. The number of hydrogen-bond donors (Lipinski definition) is 0. The van der Waals surface area contributed by atoms with Crippen molar-refractivity contribution in [3.63, 3.8) is 0 Å². The van der Waals surface area contributed by atoms with Crippen LogP contribution in [-0.2, 0) is 6.42 Å². The minimum absolute atomic E-state index is 0.645. The summed E-state index contributed by atoms with van der Waals surface area (Å²) in [7, 11) is 0. The minimum atomic E-state index is 0.645. The van der Waals surface area contributed by atoms with Crippen molar-refractivity contribution in [2.75, 3.05) is 18.0 Å². The Balaban J connectivity index is 0. The van der Waals surface area contributed by atoms with Gasteiger partial charge in [0.25, 0.3) is 0 Å². The minimum Gasteiger partial charge on any atom is -0.371 e. The Morgan fingerprint density at radius 2 is 1.65 bits per heavy atom. The third-order valence-electron chi connectivity index (χ3n) is 3.04. The molecule has 0 radical (unpaired) electrons. The van der Waals surface area contributed by atoms with Crippen LogP contribution in [0.25, 0.3) is 0 Å². The molecule has 0 aliphatic rings. The molecule has 1 aromatic carbocycles. The van der Waals surface area contributed by atoms with E-state index in [-0.39, 0.29) is 0 Å². The molecule has 0 saturated carbocycles. The van der Waals surface area contributed by atoms with Gasteiger partial charge in [-0.2, -0.15) is 5.26 Å². The van der Waals surface area contributed by atoms with E-state index in [0.29, 0.717) is 5.92 Å². The van der Waals surface area contributed by atoms with Crippen molar-refractivity contribution >= 4 is 5.69 Å². The first-order valence-corrected chi connectivity index (χ1v) is 9.31. The van der Waals surface area contributed by atoms with Crippen LogP contribution in [0.2, 0.25) is 0 Å². The molecule has 2 heteroatoms. The monoisotopic (exact) mass is 318 g/mol. The molecule has 0 aliphatic heterocycles. The zero-order valence-corrected chi connectivity index (χ0v) is 16.7. The van der Waals surface area contributed by atoms with Crippen molar-refractivity contribution in [2.45, 2.75) is 74.7 Å². The number of nitrogens with zero attached hydrogens (tertiary/aromatic N) is 2. The van der Waals surface area contributed by atoms with Crippen molar-refractivity contribution in [3.8, 4) is 6.07 Å². The van der Waals surface area contributed by atoms with Gasteiger partial charge >= 0.3 is 0 Å². The van der Waals surface area contributed by atoms with Crippen molar-refractivity contribution in [2.24, 2.45) is 5.92 Å². The second-order valence-electron chi connectivity index (χ2n) is 5.85. The average molecular weight is 319 g/mol. The molecule has 0 bridgehead atoms. The van der Waals surface area contributed by atoms with Gasteiger partial charge in [-0.1, -0.05) is 61.0 Å². The smallest absolute Gasteiger partial charge is 0.101 e. The van der Waals surface area contributed by atoms with Gasteiger partial charge in [0.1, 0.15) is 6.07 Å². The summed E-state index contributed by atoms with van der Waals surface area (Å²) in [5, 5.41) is 9.23. The fraction of sp³-hybridized carbons (Fsp3) is 0.667. The van der Waals surface area contributed by atoms with Crippen molar-refractivity contribution in [1.82, 2.24) is 0 Å². The Bertz CT molecular complexity index is 430. The predicted molar refractivity (Wildman–Crippen MR) is 105 cm³/mol. The summed E-state index contributed by atoms with van der Waals surface area (Å²) in [4.78, 5) is 2.29. The van der Waals surface area contributed by atoms with E-state index in [0.717, 1.165) is 37.2 Å². The molecule has 0 unspecified atom stereocenters. The van der Waals surface area contributed by atoms with Gasteiger partial charge in [-0.05, 0) is 43.4 Å². The fourth-order valence-corrected chi connectivity index (χ4v) is 2.25. The predicted octanol–water partition coefficient (Wildman–Crippen LogP) is 6.44. The molecule has 132 valence electrons. The van der Waals surface area contributed by atoms with Crippen LogP contribution in [0.5, 0.6) is 0 Å². The highest BCUT2D eigenvalue weighted by Crippen LogP contribution is 2.23. The van der Waals surface area contributed by atoms with Crippen LogP contribution in [0, 0.1) is 17.2 Å². The second-order valence-corrected chi connectivity index (χ2v) is 5.85. The SMILES string of the molecule is CC.CCC.CCCN(CC)c1cc(CC(C)C)ccc1C#N. The molecular formula is C21H38N2. The molecule has 0 heterocycles. The van der Waals surface area contributed by atoms with Crippen LogP contribution in [0.1, 0.15) is 79.4 Å². The summed E-state index contributed by atoms with van der Waals surface area (Å²) < 4.78 is 0. The fourth-order valence-electron chi connectivity index (χ4n) is 2.25. The quantitative estimate of drug-likeness (QED) is 0.603. The lowest BCUT2D eigenvalue weighted by Gasteiger charge is -2.24. The van der Waals surface area contributed by atoms with E-state index in [1.54, 1.807) is 0 Å². The third-order valence-corrected chi connectivity index (χ3v) is 3.04. The summed E-state index contributed by atoms with van der Waals surface area (Å²) >= 11 is 0. The molecule has 23 heavy (non-hydrogen) atoms. The lowest BCUT2D eigenvalue weighted by molar-refractivity contribution is 0.647. The Morgan fingerprint density at radius 3 is 2.04 bits per heavy atom. The molecule has 0 amide bonds. The van der Waals surface area contributed by atoms with Gasteiger partial charge in [-0.25, -0.2) is 0 Å². The van der Waals surface area contributed by atoms with Crippen LogP contribution in [-0.4, -0.2) is 13.1 Å². The summed E-state index contributed by atoms with van der Waals surface area (Å²) in [6, 6.07) is 8.55. The van der Waals surface area contributed by atoms with Crippen molar-refractivity contribution in [1.29, 1.82) is 5.26 Å². The molecule has 0 atom stereocenters. The highest BCUT2D eigenvalue weighted by Gasteiger charge is 2.10. The maximum absolute atomic E-state index is 9.23. The topological polar surface area (TPSA) is 27.0 Å². The largest absolute Gasteiger partial charge is 0.371 e. The van der Waals surface area contributed by atoms with Gasteiger partial charge in [0.05, 0.1) is 11.3 Å². The summed E-state index contributed by atoms with van der Waals surface area (Å²) in [5.41, 5.74) is 3.21. The molecular weight excluding hydrogens is 280 g/mol. The van der Waals surface area contributed by atoms with Crippen LogP contribution >= 0.6 is 0 Å². The van der Waals surface area contributed by atoms with Gasteiger partial charge in [-0.15, -0.1) is 0 Å². The second kappa shape index (κ2) is 15.4. The highest BCUT2D eigenvalue weighted by molar-refractivity contribution is 5.60. The third kappa shape index (κ3) is 10.00. The maximum Gasteiger partial charge on any atom is 0.101 e. The molecule has 1 rings (SSSR count). The Labute approximate surface area is 145 Å². The zero-order valence-electron chi connectivity index (χ0n) is 16.7. The van der Waals surface area contributed by atoms with E-state index in [1.165, 1.54) is 12.0 Å². The van der Waals surface area contributed by atoms with Crippen LogP contribution in [0.15, 0.2) is 18.2 Å². The Morgan fingerprint density at radius 1 is 1.09 bits per heavy atom. The molecule has 0 saturated heterocycles. The van der Waals surface area contributed by atoms with Crippen molar-refractivity contribution < 1.29 is 0 Å². The number of benzene rings is 1. The van der Waals surface area contributed by atoms with E-state index >= 15 is 0 Å². The lowest BCUT2D eigenvalue weighted by atomic mass is 10.00. The first kappa shape index (κ1) is 23.8. The van der Waals surface area contributed by atoms with Gasteiger partial charge < -0.3 is 4.90 Å². The lowest BCUT2D eigenvalue weighted by Crippen LogP contribution is -2.24. The van der Waals surface area contributed by atoms with E-state index in [2.05, 4.69) is 64.6 Å². The number of rotatable bonds is 6. The summed E-state index contributed by atoms with van der Waals surface area (Å²) in [5.74, 6) is 0.645. The van der Waals surface area contributed by atoms with E-state index < -0.39 is 0 Å². The maximum atomic E-state index is 9.23. The van der Waals surface area contributed by atoms with Gasteiger partial charge in [0.15, 0.2) is 0 Å². The molecule has 1 aromatic rings. The molecule has 0 aliphatic carbocycles. The normalized spacial score (nSPS) is 9.22.